The van der Waals surface area contributed by atoms with E-state index in [1.807, 2.05) is 17.0 Å². The summed E-state index contributed by atoms with van der Waals surface area (Å²) in [5.41, 5.74) is 2.07. The molecule has 2 aliphatic rings. The predicted octanol–water partition coefficient (Wildman–Crippen LogP) is 3.51. The lowest BCUT2D eigenvalue weighted by Crippen LogP contribution is -2.37. The third-order valence-corrected chi connectivity index (χ3v) is 5.50. The van der Waals surface area contributed by atoms with E-state index in [2.05, 4.69) is 17.0 Å². The monoisotopic (exact) mass is 328 g/mol. The number of carbonyl (C=O) groups excluding carboxylic acids is 2. The highest BCUT2D eigenvalue weighted by molar-refractivity contribution is 5.96. The van der Waals surface area contributed by atoms with Crippen LogP contribution in [0.25, 0.3) is 0 Å². The average molecular weight is 328 g/mol. The van der Waals surface area contributed by atoms with E-state index in [9.17, 15) is 9.59 Å². The third kappa shape index (κ3) is 4.16. The highest BCUT2D eigenvalue weighted by Gasteiger charge is 2.21. The molecule has 2 heterocycles. The second kappa shape index (κ2) is 7.82. The molecule has 4 heteroatoms. The van der Waals surface area contributed by atoms with Crippen molar-refractivity contribution in [1.29, 1.82) is 0 Å². The summed E-state index contributed by atoms with van der Waals surface area (Å²) < 4.78 is 0. The predicted molar refractivity (Wildman–Crippen MR) is 96.4 cm³/mol. The van der Waals surface area contributed by atoms with Crippen LogP contribution in [0, 0.1) is 5.92 Å². The first-order valence-electron chi connectivity index (χ1n) is 9.27. The maximum atomic E-state index is 12.4. The lowest BCUT2D eigenvalue weighted by molar-refractivity contribution is -0.130. The van der Waals surface area contributed by atoms with Crippen LogP contribution in [0.2, 0.25) is 0 Å². The molecule has 0 saturated carbocycles. The normalized spacial score (nSPS) is 18.9. The minimum atomic E-state index is 0.169. The second-order valence-electron chi connectivity index (χ2n) is 7.15. The zero-order valence-electron chi connectivity index (χ0n) is 14.7. The fourth-order valence-corrected chi connectivity index (χ4v) is 3.85. The Morgan fingerprint density at radius 2 is 1.62 bits per heavy atom. The summed E-state index contributed by atoms with van der Waals surface area (Å²) in [4.78, 5) is 28.1. The second-order valence-corrected chi connectivity index (χ2v) is 7.15. The maximum absolute atomic E-state index is 12.4. The number of carbonyl (C=O) groups is 2. The number of hydrogen-bond donors (Lipinski definition) is 0. The largest absolute Gasteiger partial charge is 0.372 e. The van der Waals surface area contributed by atoms with Crippen molar-refractivity contribution in [2.24, 2.45) is 5.92 Å². The first-order chi connectivity index (χ1) is 11.6. The number of amides is 1. The van der Waals surface area contributed by atoms with Gasteiger partial charge < -0.3 is 9.80 Å². The minimum Gasteiger partial charge on any atom is -0.372 e. The number of hydrogen-bond acceptors (Lipinski definition) is 3. The van der Waals surface area contributed by atoms with E-state index in [0.29, 0.717) is 12.3 Å². The molecule has 24 heavy (non-hydrogen) atoms. The Morgan fingerprint density at radius 1 is 1.00 bits per heavy atom. The van der Waals surface area contributed by atoms with Gasteiger partial charge in [0.25, 0.3) is 0 Å². The summed E-state index contributed by atoms with van der Waals surface area (Å²) >= 11 is 0. The van der Waals surface area contributed by atoms with Crippen LogP contribution >= 0.6 is 0 Å². The molecular formula is C20H28N2O2. The van der Waals surface area contributed by atoms with Gasteiger partial charge in [0.2, 0.25) is 5.91 Å². The smallest absolute Gasteiger partial charge is 0.219 e. The molecule has 2 aliphatic heterocycles. The van der Waals surface area contributed by atoms with Crippen LogP contribution < -0.4 is 4.90 Å². The molecule has 0 aliphatic carbocycles. The number of Topliss-reactive ketones (excluding diaryl/α,β-unsaturated/α-hetero) is 1. The molecule has 1 amide bonds. The van der Waals surface area contributed by atoms with E-state index in [4.69, 9.17) is 0 Å². The van der Waals surface area contributed by atoms with Crippen molar-refractivity contribution < 1.29 is 9.59 Å². The number of ketones is 1. The van der Waals surface area contributed by atoms with Crippen molar-refractivity contribution in [1.82, 2.24) is 4.90 Å². The quantitative estimate of drug-likeness (QED) is 0.777. The standard InChI is InChI=1S/C20H28N2O2/c1-16(23)21-14-10-17(11-15-21)4-9-20(24)18-5-7-19(8-6-18)22-12-2-3-13-22/h5-8,17H,2-4,9-15H2,1H3. The van der Waals surface area contributed by atoms with Gasteiger partial charge in [0.1, 0.15) is 0 Å². The molecule has 0 spiro atoms. The van der Waals surface area contributed by atoms with Gasteiger partial charge in [-0.3, -0.25) is 9.59 Å². The highest BCUT2D eigenvalue weighted by atomic mass is 16.2. The molecule has 0 bridgehead atoms. The van der Waals surface area contributed by atoms with Crippen molar-refractivity contribution in [3.63, 3.8) is 0 Å². The van der Waals surface area contributed by atoms with Crippen LogP contribution in [0.15, 0.2) is 24.3 Å². The number of likely N-dealkylation sites (tertiary alicyclic amines) is 1. The fraction of sp³-hybridized carbons (Fsp3) is 0.600. The number of anilines is 1. The molecule has 4 nitrogen and oxygen atoms in total. The summed E-state index contributed by atoms with van der Waals surface area (Å²) in [6, 6.07) is 8.14. The molecule has 3 rings (SSSR count). The minimum absolute atomic E-state index is 0.169. The van der Waals surface area contributed by atoms with Crippen molar-refractivity contribution in [3.8, 4) is 0 Å². The van der Waals surface area contributed by atoms with Gasteiger partial charge in [-0.05, 0) is 62.3 Å². The summed E-state index contributed by atoms with van der Waals surface area (Å²) in [7, 11) is 0. The van der Waals surface area contributed by atoms with Crippen LogP contribution in [-0.4, -0.2) is 42.8 Å². The Balaban J connectivity index is 1.46. The van der Waals surface area contributed by atoms with E-state index in [1.165, 1.54) is 18.5 Å². The topological polar surface area (TPSA) is 40.6 Å². The summed E-state index contributed by atoms with van der Waals surface area (Å²) in [5.74, 6) is 0.994. The zero-order chi connectivity index (χ0) is 16.9. The molecule has 130 valence electrons. The zero-order valence-corrected chi connectivity index (χ0v) is 14.7. The van der Waals surface area contributed by atoms with E-state index in [0.717, 1.165) is 51.0 Å². The van der Waals surface area contributed by atoms with Gasteiger partial charge in [0.05, 0.1) is 0 Å². The van der Waals surface area contributed by atoms with Gasteiger partial charge in [-0.15, -0.1) is 0 Å². The first kappa shape index (κ1) is 17.0. The van der Waals surface area contributed by atoms with Crippen LogP contribution in [0.5, 0.6) is 0 Å². The van der Waals surface area contributed by atoms with Crippen molar-refractivity contribution in [3.05, 3.63) is 29.8 Å². The van der Waals surface area contributed by atoms with E-state index in [1.54, 1.807) is 6.92 Å². The summed E-state index contributed by atoms with van der Waals surface area (Å²) in [6.07, 6.45) is 6.15. The van der Waals surface area contributed by atoms with E-state index in [-0.39, 0.29) is 11.7 Å². The van der Waals surface area contributed by atoms with Gasteiger partial charge >= 0.3 is 0 Å². The Labute approximate surface area is 144 Å². The molecular weight excluding hydrogens is 300 g/mol. The summed E-state index contributed by atoms with van der Waals surface area (Å²) in [5, 5.41) is 0. The summed E-state index contributed by atoms with van der Waals surface area (Å²) in [6.45, 7) is 5.59. The number of piperidine rings is 1. The lowest BCUT2D eigenvalue weighted by atomic mass is 9.90. The molecule has 2 saturated heterocycles. The Bertz CT molecular complexity index is 568. The maximum Gasteiger partial charge on any atom is 0.219 e. The number of nitrogens with zero attached hydrogens (tertiary/aromatic N) is 2. The van der Waals surface area contributed by atoms with Crippen molar-refractivity contribution in [2.45, 2.75) is 45.4 Å². The Kier molecular flexibility index (Phi) is 5.54. The average Bonchev–Trinajstić information content (AvgIpc) is 3.15. The third-order valence-electron chi connectivity index (χ3n) is 5.50. The molecule has 0 unspecified atom stereocenters. The van der Waals surface area contributed by atoms with E-state index >= 15 is 0 Å². The van der Waals surface area contributed by atoms with Crippen LogP contribution in [0.4, 0.5) is 5.69 Å². The van der Waals surface area contributed by atoms with Crippen molar-refractivity contribution >= 4 is 17.4 Å². The van der Waals surface area contributed by atoms with Crippen molar-refractivity contribution in [2.75, 3.05) is 31.1 Å². The molecule has 2 fully saturated rings. The Hall–Kier alpha value is -1.84. The number of rotatable bonds is 5. The molecule has 1 aromatic rings. The van der Waals surface area contributed by atoms with Crippen LogP contribution in [0.3, 0.4) is 0 Å². The fourth-order valence-electron chi connectivity index (χ4n) is 3.85. The van der Waals surface area contributed by atoms with Gasteiger partial charge in [-0.25, -0.2) is 0 Å². The molecule has 0 atom stereocenters. The van der Waals surface area contributed by atoms with Crippen LogP contribution in [0.1, 0.15) is 55.8 Å². The molecule has 1 aromatic carbocycles. The first-order valence-corrected chi connectivity index (χ1v) is 9.27. The van der Waals surface area contributed by atoms with E-state index < -0.39 is 0 Å². The number of benzene rings is 1. The van der Waals surface area contributed by atoms with Gasteiger partial charge in [0, 0.05) is 50.8 Å². The highest BCUT2D eigenvalue weighted by Crippen LogP contribution is 2.24. The molecule has 0 N–H and O–H groups in total. The molecule has 0 aromatic heterocycles. The Morgan fingerprint density at radius 3 is 2.21 bits per heavy atom. The van der Waals surface area contributed by atoms with Gasteiger partial charge in [-0.1, -0.05) is 0 Å². The van der Waals surface area contributed by atoms with Crippen LogP contribution in [-0.2, 0) is 4.79 Å². The van der Waals surface area contributed by atoms with Gasteiger partial charge in [0.15, 0.2) is 5.78 Å². The SMILES string of the molecule is CC(=O)N1CCC(CCC(=O)c2ccc(N3CCCC3)cc2)CC1. The lowest BCUT2D eigenvalue weighted by Gasteiger charge is -2.31. The molecule has 0 radical (unpaired) electrons. The van der Waals surface area contributed by atoms with Gasteiger partial charge in [-0.2, -0.15) is 0 Å².